The minimum atomic E-state index is -0.890. The van der Waals surface area contributed by atoms with Crippen molar-refractivity contribution in [2.24, 2.45) is 0 Å². The van der Waals surface area contributed by atoms with Crippen molar-refractivity contribution in [3.8, 4) is 0 Å². The number of carbonyl (C=O) groups is 3. The molecule has 0 saturated carbocycles. The molecule has 0 aliphatic carbocycles. The van der Waals surface area contributed by atoms with Crippen LogP contribution in [0.15, 0.2) is 22.6 Å². The van der Waals surface area contributed by atoms with Gasteiger partial charge in [-0.3, -0.25) is 14.5 Å². The topological polar surface area (TPSA) is 110 Å². The molecule has 8 nitrogen and oxygen atoms in total. The van der Waals surface area contributed by atoms with E-state index < -0.39 is 17.8 Å². The van der Waals surface area contributed by atoms with Gasteiger partial charge in [-0.25, -0.2) is 14.7 Å². The van der Waals surface area contributed by atoms with Gasteiger partial charge in [-0.15, -0.1) is 0 Å². The first kappa shape index (κ1) is 12.2. The van der Waals surface area contributed by atoms with Gasteiger partial charge < -0.3 is 10.2 Å². The second kappa shape index (κ2) is 4.05. The number of hydrogen-bond acceptors (Lipinski definition) is 6. The molecule has 4 amide bonds. The van der Waals surface area contributed by atoms with Crippen molar-refractivity contribution >= 4 is 34.6 Å². The number of fused-ring (bicyclic) bond motifs is 1. The van der Waals surface area contributed by atoms with E-state index in [-0.39, 0.29) is 12.4 Å². The molecular weight excluding hydrogens is 264 g/mol. The summed E-state index contributed by atoms with van der Waals surface area (Å²) in [4.78, 5) is 40.4. The Kier molecular flexibility index (Phi) is 2.46. The number of amides is 4. The first-order valence-electron chi connectivity index (χ1n) is 5.76. The molecule has 1 fully saturated rings. The maximum atomic E-state index is 11.7. The van der Waals surface area contributed by atoms with Crippen LogP contribution in [0.2, 0.25) is 0 Å². The highest BCUT2D eigenvalue weighted by Crippen LogP contribution is 2.20. The van der Waals surface area contributed by atoms with Crippen molar-refractivity contribution in [2.45, 2.75) is 6.54 Å². The highest BCUT2D eigenvalue weighted by molar-refractivity contribution is 6.44. The lowest BCUT2D eigenvalue weighted by Gasteiger charge is -2.09. The summed E-state index contributed by atoms with van der Waals surface area (Å²) in [7, 11) is 1.25. The molecule has 20 heavy (non-hydrogen) atoms. The third-order valence-corrected chi connectivity index (χ3v) is 3.00. The Morgan fingerprint density at radius 3 is 2.65 bits per heavy atom. The predicted molar refractivity (Wildman–Crippen MR) is 67.1 cm³/mol. The van der Waals surface area contributed by atoms with Crippen molar-refractivity contribution < 1.29 is 18.8 Å². The Balaban J connectivity index is 1.92. The normalized spacial score (nSPS) is 15.8. The van der Waals surface area contributed by atoms with Gasteiger partial charge in [0.15, 0.2) is 5.58 Å². The van der Waals surface area contributed by atoms with Gasteiger partial charge in [-0.1, -0.05) is 0 Å². The van der Waals surface area contributed by atoms with E-state index in [0.717, 1.165) is 9.80 Å². The third-order valence-electron chi connectivity index (χ3n) is 3.00. The van der Waals surface area contributed by atoms with E-state index >= 15 is 0 Å². The van der Waals surface area contributed by atoms with E-state index in [2.05, 4.69) is 4.98 Å². The maximum Gasteiger partial charge on any atom is 0.334 e. The molecule has 1 aromatic carbocycles. The van der Waals surface area contributed by atoms with Crippen LogP contribution in [-0.4, -0.2) is 39.7 Å². The summed E-state index contributed by atoms with van der Waals surface area (Å²) in [5, 5.41) is 0. The van der Waals surface area contributed by atoms with Crippen molar-refractivity contribution in [1.29, 1.82) is 0 Å². The molecule has 2 heterocycles. The van der Waals surface area contributed by atoms with Crippen LogP contribution in [0.4, 0.5) is 10.5 Å². The number of nitrogen functional groups attached to an aromatic ring is 1. The minimum Gasteiger partial charge on any atom is -0.439 e. The average molecular weight is 274 g/mol. The summed E-state index contributed by atoms with van der Waals surface area (Å²) in [6.07, 6.45) is 0. The van der Waals surface area contributed by atoms with Gasteiger partial charge >= 0.3 is 17.8 Å². The maximum absolute atomic E-state index is 11.7. The molecular formula is C12H10N4O4. The molecule has 1 aliphatic heterocycles. The number of hydrogen-bond donors (Lipinski definition) is 1. The van der Waals surface area contributed by atoms with Crippen LogP contribution < -0.4 is 5.73 Å². The van der Waals surface area contributed by atoms with Gasteiger partial charge in [0.1, 0.15) is 12.1 Å². The standard InChI is InChI=1S/C12H10N4O4/c1-15-10(17)11(18)16(12(15)19)5-9-14-7-4-6(13)2-3-8(7)20-9/h2-4H,5,13H2,1H3. The number of urea groups is 1. The Morgan fingerprint density at radius 2 is 2.00 bits per heavy atom. The molecule has 1 aliphatic rings. The quantitative estimate of drug-likeness (QED) is 0.480. The highest BCUT2D eigenvalue weighted by atomic mass is 16.3. The molecule has 8 heteroatoms. The minimum absolute atomic E-state index is 0.162. The fraction of sp³-hybridized carbons (Fsp3) is 0.167. The summed E-state index contributed by atoms with van der Waals surface area (Å²) in [6, 6.07) is 4.22. The molecule has 102 valence electrons. The number of imide groups is 2. The second-order valence-corrected chi connectivity index (χ2v) is 4.37. The van der Waals surface area contributed by atoms with Crippen LogP contribution >= 0.6 is 0 Å². The SMILES string of the molecule is CN1C(=O)C(=O)N(Cc2nc3cc(N)ccc3o2)C1=O. The van der Waals surface area contributed by atoms with Gasteiger partial charge in [-0.2, -0.15) is 0 Å². The third kappa shape index (κ3) is 1.69. The predicted octanol–water partition coefficient (Wildman–Crippen LogP) is 0.331. The molecule has 2 aromatic rings. The Hall–Kier alpha value is -2.90. The monoisotopic (exact) mass is 274 g/mol. The van der Waals surface area contributed by atoms with Crippen LogP contribution in [0, 0.1) is 0 Å². The number of anilines is 1. The zero-order valence-corrected chi connectivity index (χ0v) is 10.5. The lowest BCUT2D eigenvalue weighted by atomic mass is 10.3. The summed E-state index contributed by atoms with van der Waals surface area (Å²) in [6.45, 7) is -0.192. The van der Waals surface area contributed by atoms with Crippen molar-refractivity contribution in [2.75, 3.05) is 12.8 Å². The molecule has 0 spiro atoms. The number of carbonyl (C=O) groups excluding carboxylic acids is 3. The van der Waals surface area contributed by atoms with Gasteiger partial charge in [-0.05, 0) is 18.2 Å². The number of nitrogens with two attached hydrogens (primary N) is 1. The van der Waals surface area contributed by atoms with Crippen molar-refractivity contribution in [3.05, 3.63) is 24.1 Å². The zero-order chi connectivity index (χ0) is 14.4. The molecule has 0 unspecified atom stereocenters. The molecule has 1 saturated heterocycles. The number of rotatable bonds is 2. The number of likely N-dealkylation sites (N-methyl/N-ethyl adjacent to an activating group) is 1. The average Bonchev–Trinajstić information content (AvgIpc) is 2.89. The summed E-state index contributed by atoms with van der Waals surface area (Å²) >= 11 is 0. The fourth-order valence-electron chi connectivity index (χ4n) is 1.95. The van der Waals surface area contributed by atoms with Crippen LogP contribution in [0.1, 0.15) is 5.89 Å². The van der Waals surface area contributed by atoms with Crippen LogP contribution in [-0.2, 0) is 16.1 Å². The van der Waals surface area contributed by atoms with Crippen molar-refractivity contribution in [1.82, 2.24) is 14.8 Å². The molecule has 0 atom stereocenters. The van der Waals surface area contributed by atoms with E-state index in [1.807, 2.05) is 0 Å². The van der Waals surface area contributed by atoms with E-state index in [9.17, 15) is 14.4 Å². The first-order chi connectivity index (χ1) is 9.47. The van der Waals surface area contributed by atoms with E-state index in [0.29, 0.717) is 16.8 Å². The molecule has 3 rings (SSSR count). The van der Waals surface area contributed by atoms with Crippen LogP contribution in [0.3, 0.4) is 0 Å². The van der Waals surface area contributed by atoms with Crippen molar-refractivity contribution in [3.63, 3.8) is 0 Å². The van der Waals surface area contributed by atoms with Gasteiger partial charge in [0, 0.05) is 12.7 Å². The smallest absolute Gasteiger partial charge is 0.334 e. The Labute approximate surface area is 112 Å². The van der Waals surface area contributed by atoms with Crippen LogP contribution in [0.5, 0.6) is 0 Å². The summed E-state index contributed by atoms with van der Waals surface area (Å²) in [5.74, 6) is -1.59. The number of benzene rings is 1. The van der Waals surface area contributed by atoms with E-state index in [1.54, 1.807) is 18.2 Å². The molecule has 0 bridgehead atoms. The highest BCUT2D eigenvalue weighted by Gasteiger charge is 2.42. The zero-order valence-electron chi connectivity index (χ0n) is 10.5. The van der Waals surface area contributed by atoms with E-state index in [1.165, 1.54) is 7.05 Å². The van der Waals surface area contributed by atoms with E-state index in [4.69, 9.17) is 10.2 Å². The van der Waals surface area contributed by atoms with Gasteiger partial charge in [0.25, 0.3) is 0 Å². The van der Waals surface area contributed by atoms with Gasteiger partial charge in [0.2, 0.25) is 5.89 Å². The number of nitrogens with zero attached hydrogens (tertiary/aromatic N) is 3. The molecule has 2 N–H and O–H groups in total. The Bertz CT molecular complexity index is 751. The van der Waals surface area contributed by atoms with Crippen LogP contribution in [0.25, 0.3) is 11.1 Å². The lowest BCUT2D eigenvalue weighted by molar-refractivity contribution is -0.143. The second-order valence-electron chi connectivity index (χ2n) is 4.37. The van der Waals surface area contributed by atoms with Gasteiger partial charge in [0.05, 0.1) is 0 Å². The Morgan fingerprint density at radius 1 is 1.25 bits per heavy atom. The largest absolute Gasteiger partial charge is 0.439 e. The lowest BCUT2D eigenvalue weighted by Crippen LogP contribution is -2.31. The fourth-order valence-corrected chi connectivity index (χ4v) is 1.95. The molecule has 1 aromatic heterocycles. The summed E-state index contributed by atoms with van der Waals surface area (Å²) in [5.41, 5.74) is 7.17. The number of aromatic nitrogens is 1. The molecule has 0 radical (unpaired) electrons. The first-order valence-corrected chi connectivity index (χ1v) is 5.76. The summed E-state index contributed by atoms with van der Waals surface area (Å²) < 4.78 is 5.41. The number of oxazole rings is 1.